The van der Waals surface area contributed by atoms with E-state index in [-0.39, 0.29) is 0 Å². The molecule has 0 atom stereocenters. The molecule has 0 bridgehead atoms. The first kappa shape index (κ1) is 12.0. The predicted molar refractivity (Wildman–Crippen MR) is 91.3 cm³/mol. The van der Waals surface area contributed by atoms with Crippen LogP contribution in [0.2, 0.25) is 0 Å². The average Bonchev–Trinajstić information content (AvgIpc) is 2.54. The quantitative estimate of drug-likeness (QED) is 0.371. The Labute approximate surface area is 123 Å². The van der Waals surface area contributed by atoms with E-state index in [4.69, 9.17) is 5.73 Å². The average molecular weight is 269 g/mol. The fraction of sp³-hybridized carbons (Fsp3) is 0. The number of para-hydroxylation sites is 1. The van der Waals surface area contributed by atoms with E-state index in [1.54, 1.807) is 0 Å². The van der Waals surface area contributed by atoms with Crippen molar-refractivity contribution in [2.75, 3.05) is 5.73 Å². The van der Waals surface area contributed by atoms with Gasteiger partial charge in [0, 0.05) is 11.3 Å². The summed E-state index contributed by atoms with van der Waals surface area (Å²) in [5.74, 6) is 0. The van der Waals surface area contributed by atoms with Crippen molar-refractivity contribution >= 4 is 27.2 Å². The van der Waals surface area contributed by atoms with Gasteiger partial charge >= 0.3 is 0 Å². The number of hydrogen-bond donors (Lipinski definition) is 1. The van der Waals surface area contributed by atoms with Crippen LogP contribution in [0.15, 0.2) is 78.9 Å². The Hall–Kier alpha value is -2.80. The number of benzene rings is 4. The summed E-state index contributed by atoms with van der Waals surface area (Å²) >= 11 is 0. The molecular weight excluding hydrogens is 254 g/mol. The van der Waals surface area contributed by atoms with Crippen LogP contribution in [0.1, 0.15) is 0 Å². The molecule has 4 aromatic rings. The van der Waals surface area contributed by atoms with Crippen molar-refractivity contribution < 1.29 is 0 Å². The lowest BCUT2D eigenvalue weighted by Crippen LogP contribution is -1.89. The van der Waals surface area contributed by atoms with E-state index in [2.05, 4.69) is 60.7 Å². The Bertz CT molecular complexity index is 954. The third-order valence-corrected chi connectivity index (χ3v) is 4.02. The van der Waals surface area contributed by atoms with E-state index in [0.29, 0.717) is 0 Å². The molecule has 0 unspecified atom stereocenters. The number of anilines is 1. The molecule has 0 spiro atoms. The molecule has 2 N–H and O–H groups in total. The van der Waals surface area contributed by atoms with E-state index >= 15 is 0 Å². The Morgan fingerprint density at radius 3 is 2.19 bits per heavy atom. The molecule has 0 saturated carbocycles. The molecule has 0 radical (unpaired) electrons. The zero-order valence-electron chi connectivity index (χ0n) is 11.6. The predicted octanol–water partition coefficient (Wildman–Crippen LogP) is 5.24. The number of nitrogens with two attached hydrogens (primary N) is 1. The molecule has 0 aliphatic heterocycles. The van der Waals surface area contributed by atoms with Gasteiger partial charge < -0.3 is 5.73 Å². The maximum atomic E-state index is 6.09. The van der Waals surface area contributed by atoms with Crippen molar-refractivity contribution in [3.05, 3.63) is 78.9 Å². The van der Waals surface area contributed by atoms with Crippen molar-refractivity contribution in [2.24, 2.45) is 0 Å². The minimum Gasteiger partial charge on any atom is -0.398 e. The van der Waals surface area contributed by atoms with Crippen LogP contribution in [0.25, 0.3) is 32.7 Å². The van der Waals surface area contributed by atoms with Crippen LogP contribution < -0.4 is 5.73 Å². The zero-order valence-corrected chi connectivity index (χ0v) is 11.6. The summed E-state index contributed by atoms with van der Waals surface area (Å²) in [7, 11) is 0. The Balaban J connectivity index is 1.99. The van der Waals surface area contributed by atoms with Gasteiger partial charge in [0.2, 0.25) is 0 Å². The van der Waals surface area contributed by atoms with Crippen molar-refractivity contribution in [1.29, 1.82) is 0 Å². The minimum absolute atomic E-state index is 0.817. The standard InChI is InChI=1S/C20H15N/c21-20-8-4-3-7-19(20)16-11-12-18-15(13-16)10-9-14-5-1-2-6-17(14)18/h1-13H,21H2. The molecule has 1 heteroatoms. The second kappa shape index (κ2) is 4.64. The van der Waals surface area contributed by atoms with Crippen LogP contribution in [-0.4, -0.2) is 0 Å². The van der Waals surface area contributed by atoms with E-state index in [1.165, 1.54) is 21.5 Å². The first-order valence-electron chi connectivity index (χ1n) is 7.09. The van der Waals surface area contributed by atoms with Gasteiger partial charge in [-0.15, -0.1) is 0 Å². The van der Waals surface area contributed by atoms with Crippen LogP contribution >= 0.6 is 0 Å². The molecule has 100 valence electrons. The molecule has 4 rings (SSSR count). The SMILES string of the molecule is Nc1ccccc1-c1ccc2c(ccc3ccccc32)c1. The molecule has 0 aliphatic rings. The lowest BCUT2D eigenvalue weighted by atomic mass is 9.97. The van der Waals surface area contributed by atoms with Crippen molar-refractivity contribution in [3.8, 4) is 11.1 Å². The molecule has 21 heavy (non-hydrogen) atoms. The van der Waals surface area contributed by atoms with Crippen molar-refractivity contribution in [2.45, 2.75) is 0 Å². The summed E-state index contributed by atoms with van der Waals surface area (Å²) < 4.78 is 0. The van der Waals surface area contributed by atoms with E-state index in [0.717, 1.165) is 16.8 Å². The van der Waals surface area contributed by atoms with Crippen LogP contribution in [-0.2, 0) is 0 Å². The maximum absolute atomic E-state index is 6.09. The highest BCUT2D eigenvalue weighted by molar-refractivity contribution is 6.08. The summed E-state index contributed by atoms with van der Waals surface area (Å²) in [5.41, 5.74) is 9.16. The fourth-order valence-electron chi connectivity index (χ4n) is 2.94. The van der Waals surface area contributed by atoms with Crippen LogP contribution in [0, 0.1) is 0 Å². The molecule has 0 amide bonds. The normalized spacial score (nSPS) is 11.0. The van der Waals surface area contributed by atoms with Gasteiger partial charge in [0.1, 0.15) is 0 Å². The van der Waals surface area contributed by atoms with Gasteiger partial charge in [0.25, 0.3) is 0 Å². The summed E-state index contributed by atoms with van der Waals surface area (Å²) in [6.07, 6.45) is 0. The highest BCUT2D eigenvalue weighted by atomic mass is 14.6. The topological polar surface area (TPSA) is 26.0 Å². The molecular formula is C20H15N. The van der Waals surface area contributed by atoms with E-state index < -0.39 is 0 Å². The maximum Gasteiger partial charge on any atom is 0.0393 e. The van der Waals surface area contributed by atoms with E-state index in [9.17, 15) is 0 Å². The molecule has 1 nitrogen and oxygen atoms in total. The second-order valence-electron chi connectivity index (χ2n) is 5.31. The number of hydrogen-bond acceptors (Lipinski definition) is 1. The first-order valence-corrected chi connectivity index (χ1v) is 7.09. The van der Waals surface area contributed by atoms with Gasteiger partial charge in [-0.1, -0.05) is 66.7 Å². The third-order valence-electron chi connectivity index (χ3n) is 4.02. The second-order valence-corrected chi connectivity index (χ2v) is 5.31. The third kappa shape index (κ3) is 1.95. The summed E-state index contributed by atoms with van der Waals surface area (Å²) in [6, 6.07) is 27.4. The van der Waals surface area contributed by atoms with Crippen molar-refractivity contribution in [1.82, 2.24) is 0 Å². The lowest BCUT2D eigenvalue weighted by molar-refractivity contribution is 1.63. The fourth-order valence-corrected chi connectivity index (χ4v) is 2.94. The molecule has 0 fully saturated rings. The lowest BCUT2D eigenvalue weighted by Gasteiger charge is -2.09. The summed E-state index contributed by atoms with van der Waals surface area (Å²) in [6.45, 7) is 0. The molecule has 4 aromatic carbocycles. The number of nitrogen functional groups attached to an aromatic ring is 1. The Morgan fingerprint density at radius 1 is 0.571 bits per heavy atom. The largest absolute Gasteiger partial charge is 0.398 e. The molecule has 0 saturated heterocycles. The van der Waals surface area contributed by atoms with Gasteiger partial charge in [-0.25, -0.2) is 0 Å². The van der Waals surface area contributed by atoms with Crippen LogP contribution in [0.4, 0.5) is 5.69 Å². The van der Waals surface area contributed by atoms with Crippen molar-refractivity contribution in [3.63, 3.8) is 0 Å². The minimum atomic E-state index is 0.817. The number of fused-ring (bicyclic) bond motifs is 3. The van der Waals surface area contributed by atoms with Crippen LogP contribution in [0.3, 0.4) is 0 Å². The smallest absolute Gasteiger partial charge is 0.0393 e. The monoisotopic (exact) mass is 269 g/mol. The first-order chi connectivity index (χ1) is 10.3. The van der Waals surface area contributed by atoms with Gasteiger partial charge in [0.05, 0.1) is 0 Å². The van der Waals surface area contributed by atoms with Gasteiger partial charge in [-0.2, -0.15) is 0 Å². The number of rotatable bonds is 1. The highest BCUT2D eigenvalue weighted by Crippen LogP contribution is 2.31. The molecule has 0 heterocycles. The Kier molecular flexibility index (Phi) is 2.65. The van der Waals surface area contributed by atoms with E-state index in [1.807, 2.05) is 18.2 Å². The Morgan fingerprint density at radius 2 is 1.29 bits per heavy atom. The van der Waals surface area contributed by atoms with Crippen LogP contribution in [0.5, 0.6) is 0 Å². The summed E-state index contributed by atoms with van der Waals surface area (Å²) in [4.78, 5) is 0. The van der Waals surface area contributed by atoms with Gasteiger partial charge in [0.15, 0.2) is 0 Å². The zero-order chi connectivity index (χ0) is 14.2. The van der Waals surface area contributed by atoms with Gasteiger partial charge in [-0.05, 0) is 39.2 Å². The highest BCUT2D eigenvalue weighted by Gasteiger charge is 2.05. The molecule has 0 aromatic heterocycles. The van der Waals surface area contributed by atoms with Gasteiger partial charge in [-0.3, -0.25) is 0 Å². The molecule has 0 aliphatic carbocycles. The summed E-state index contributed by atoms with van der Waals surface area (Å²) in [5, 5.41) is 5.10.